The quantitative estimate of drug-likeness (QED) is 0.559. The van der Waals surface area contributed by atoms with E-state index in [0.717, 1.165) is 11.1 Å². The van der Waals surface area contributed by atoms with E-state index in [0.29, 0.717) is 13.2 Å². The zero-order valence-electron chi connectivity index (χ0n) is 19.0. The van der Waals surface area contributed by atoms with Gasteiger partial charge >= 0.3 is 5.97 Å². The molecule has 8 nitrogen and oxygen atoms in total. The van der Waals surface area contributed by atoms with E-state index in [1.807, 2.05) is 60.7 Å². The van der Waals surface area contributed by atoms with Crippen molar-refractivity contribution in [1.82, 2.24) is 0 Å². The normalized spacial score (nSPS) is 31.5. The molecule has 2 heterocycles. The lowest BCUT2D eigenvalue weighted by Gasteiger charge is -2.50. The first-order chi connectivity index (χ1) is 16.0. The Hall–Kier alpha value is -2.33. The summed E-state index contributed by atoms with van der Waals surface area (Å²) in [6.07, 6.45) is -3.06. The molecule has 0 aromatic heterocycles. The van der Waals surface area contributed by atoms with Crippen molar-refractivity contribution in [1.29, 1.82) is 0 Å². The molecule has 2 aromatic rings. The van der Waals surface area contributed by atoms with Crippen LogP contribution in [0.25, 0.3) is 0 Å². The van der Waals surface area contributed by atoms with Crippen molar-refractivity contribution < 1.29 is 38.0 Å². The SMILES string of the molecule is COC(=O)C1(C)OC[C@H]2O[C@H](OC)[C@H](OCc3ccccc3)[C@@H](OCc3ccccc3)[C@H]2O1. The molecular formula is C25H30O8. The summed E-state index contributed by atoms with van der Waals surface area (Å²) in [6.45, 7) is 2.32. The number of rotatable bonds is 8. The third-order valence-electron chi connectivity index (χ3n) is 5.83. The summed E-state index contributed by atoms with van der Waals surface area (Å²) >= 11 is 0. The molecule has 0 N–H and O–H groups in total. The molecule has 2 aliphatic rings. The molecule has 8 heteroatoms. The number of carbonyl (C=O) groups excluding carboxylic acids is 1. The van der Waals surface area contributed by atoms with Crippen molar-refractivity contribution in [2.75, 3.05) is 20.8 Å². The average molecular weight is 459 g/mol. The van der Waals surface area contributed by atoms with Crippen molar-refractivity contribution in [3.63, 3.8) is 0 Å². The second-order valence-electron chi connectivity index (χ2n) is 8.13. The molecule has 2 aromatic carbocycles. The number of esters is 1. The summed E-state index contributed by atoms with van der Waals surface area (Å²) in [5.41, 5.74) is 2.00. The molecular weight excluding hydrogens is 428 g/mol. The molecule has 2 aliphatic heterocycles. The van der Waals surface area contributed by atoms with E-state index in [2.05, 4.69) is 0 Å². The van der Waals surface area contributed by atoms with Gasteiger partial charge in [0.25, 0.3) is 5.79 Å². The van der Waals surface area contributed by atoms with Crippen LogP contribution in [0.1, 0.15) is 18.1 Å². The van der Waals surface area contributed by atoms with Crippen molar-refractivity contribution in [2.24, 2.45) is 0 Å². The first-order valence-corrected chi connectivity index (χ1v) is 10.9. The van der Waals surface area contributed by atoms with Crippen LogP contribution >= 0.6 is 0 Å². The topological polar surface area (TPSA) is 81.7 Å². The van der Waals surface area contributed by atoms with Gasteiger partial charge in [0.2, 0.25) is 0 Å². The zero-order chi connectivity index (χ0) is 23.3. The summed E-state index contributed by atoms with van der Waals surface area (Å²) in [7, 11) is 2.85. The minimum atomic E-state index is -1.57. The predicted octanol–water partition coefficient (Wildman–Crippen LogP) is 2.83. The van der Waals surface area contributed by atoms with Gasteiger partial charge < -0.3 is 33.2 Å². The fraction of sp³-hybridized carbons (Fsp3) is 0.480. The maximum Gasteiger partial charge on any atom is 0.366 e. The summed E-state index contributed by atoms with van der Waals surface area (Å²) in [6, 6.07) is 19.6. The highest BCUT2D eigenvalue weighted by atomic mass is 16.8. The number of hydrogen-bond acceptors (Lipinski definition) is 8. The molecule has 1 unspecified atom stereocenters. The number of methoxy groups -OCH3 is 2. The maximum absolute atomic E-state index is 12.4. The van der Waals surface area contributed by atoms with Gasteiger partial charge in [-0.25, -0.2) is 4.79 Å². The Morgan fingerprint density at radius 2 is 1.52 bits per heavy atom. The van der Waals surface area contributed by atoms with Gasteiger partial charge in [-0.3, -0.25) is 0 Å². The van der Waals surface area contributed by atoms with E-state index in [1.165, 1.54) is 14.0 Å². The minimum Gasteiger partial charge on any atom is -0.465 e. The van der Waals surface area contributed by atoms with Crippen LogP contribution in [0.4, 0.5) is 0 Å². The Labute approximate surface area is 193 Å². The molecule has 33 heavy (non-hydrogen) atoms. The Morgan fingerprint density at radius 1 is 0.939 bits per heavy atom. The Morgan fingerprint density at radius 3 is 2.06 bits per heavy atom. The molecule has 6 atom stereocenters. The van der Waals surface area contributed by atoms with Gasteiger partial charge in [0, 0.05) is 14.0 Å². The molecule has 0 radical (unpaired) electrons. The molecule has 178 valence electrons. The van der Waals surface area contributed by atoms with Gasteiger partial charge in [-0.1, -0.05) is 60.7 Å². The fourth-order valence-corrected chi connectivity index (χ4v) is 4.07. The Balaban J connectivity index is 1.59. The summed E-state index contributed by atoms with van der Waals surface area (Å²) in [4.78, 5) is 12.4. The van der Waals surface area contributed by atoms with Gasteiger partial charge in [-0.15, -0.1) is 0 Å². The lowest BCUT2D eigenvalue weighted by Crippen LogP contribution is -2.67. The van der Waals surface area contributed by atoms with Gasteiger partial charge in [0.15, 0.2) is 6.29 Å². The summed E-state index contributed by atoms with van der Waals surface area (Å²) in [5, 5.41) is 0. The van der Waals surface area contributed by atoms with E-state index in [-0.39, 0.29) is 6.61 Å². The van der Waals surface area contributed by atoms with Gasteiger partial charge in [0.05, 0.1) is 26.9 Å². The van der Waals surface area contributed by atoms with Gasteiger partial charge in [-0.05, 0) is 11.1 Å². The molecule has 0 aliphatic carbocycles. The van der Waals surface area contributed by atoms with Gasteiger partial charge in [-0.2, -0.15) is 0 Å². The van der Waals surface area contributed by atoms with Crippen LogP contribution in [0.3, 0.4) is 0 Å². The highest BCUT2D eigenvalue weighted by molar-refractivity contribution is 5.77. The molecule has 0 bridgehead atoms. The summed E-state index contributed by atoms with van der Waals surface area (Å²) in [5.74, 6) is -2.20. The summed E-state index contributed by atoms with van der Waals surface area (Å²) < 4.78 is 41.0. The lowest BCUT2D eigenvalue weighted by atomic mass is 9.96. The average Bonchev–Trinajstić information content (AvgIpc) is 2.86. The standard InChI is InChI=1S/C25H30O8/c1-25(24(26)28-3)31-16-19-20(33-25)21(29-14-17-10-6-4-7-11-17)22(23(27-2)32-19)30-15-18-12-8-5-9-13-18/h4-13,19-23H,14-16H2,1-3H3/t19-,20+,21+,22-,23+,25?/m1/s1. The van der Waals surface area contributed by atoms with Crippen LogP contribution in [0.15, 0.2) is 60.7 Å². The third kappa shape index (κ3) is 5.43. The number of ether oxygens (including phenoxy) is 7. The third-order valence-corrected chi connectivity index (χ3v) is 5.83. The Bertz CT molecular complexity index is 892. The van der Waals surface area contributed by atoms with E-state index in [9.17, 15) is 4.79 Å². The van der Waals surface area contributed by atoms with E-state index >= 15 is 0 Å². The van der Waals surface area contributed by atoms with E-state index in [4.69, 9.17) is 33.2 Å². The minimum absolute atomic E-state index is 0.118. The van der Waals surface area contributed by atoms with Crippen LogP contribution in [-0.4, -0.2) is 63.3 Å². The smallest absolute Gasteiger partial charge is 0.366 e. The van der Waals surface area contributed by atoms with E-state index < -0.39 is 42.5 Å². The van der Waals surface area contributed by atoms with Crippen molar-refractivity contribution >= 4 is 5.97 Å². The molecule has 2 fully saturated rings. The van der Waals surface area contributed by atoms with Crippen LogP contribution in [0, 0.1) is 0 Å². The monoisotopic (exact) mass is 458 g/mol. The lowest BCUT2D eigenvalue weighted by molar-refractivity contribution is -0.385. The number of hydrogen-bond donors (Lipinski definition) is 0. The highest BCUT2D eigenvalue weighted by Crippen LogP contribution is 2.36. The molecule has 0 amide bonds. The molecule has 0 spiro atoms. The van der Waals surface area contributed by atoms with E-state index in [1.54, 1.807) is 7.11 Å². The van der Waals surface area contributed by atoms with Gasteiger partial charge in [0.1, 0.15) is 24.4 Å². The number of fused-ring (bicyclic) bond motifs is 1. The number of carbonyl (C=O) groups is 1. The maximum atomic E-state index is 12.4. The largest absolute Gasteiger partial charge is 0.465 e. The molecule has 4 rings (SSSR count). The second kappa shape index (κ2) is 10.7. The predicted molar refractivity (Wildman–Crippen MR) is 117 cm³/mol. The van der Waals surface area contributed by atoms with Crippen molar-refractivity contribution in [3.8, 4) is 0 Å². The zero-order valence-corrected chi connectivity index (χ0v) is 19.0. The van der Waals surface area contributed by atoms with Crippen LogP contribution < -0.4 is 0 Å². The van der Waals surface area contributed by atoms with Crippen molar-refractivity contribution in [2.45, 2.75) is 56.6 Å². The second-order valence-corrected chi connectivity index (χ2v) is 8.13. The van der Waals surface area contributed by atoms with Crippen molar-refractivity contribution in [3.05, 3.63) is 71.8 Å². The Kier molecular flexibility index (Phi) is 7.75. The van der Waals surface area contributed by atoms with Crippen LogP contribution in [0.2, 0.25) is 0 Å². The molecule has 2 saturated heterocycles. The first kappa shape index (κ1) is 23.8. The first-order valence-electron chi connectivity index (χ1n) is 10.9. The fourth-order valence-electron chi connectivity index (χ4n) is 4.07. The van der Waals surface area contributed by atoms with Crippen LogP contribution in [0.5, 0.6) is 0 Å². The molecule has 0 saturated carbocycles. The number of benzene rings is 2. The highest BCUT2D eigenvalue weighted by Gasteiger charge is 2.56. The van der Waals surface area contributed by atoms with Crippen LogP contribution in [-0.2, 0) is 51.2 Å².